The van der Waals surface area contributed by atoms with Crippen LogP contribution in [0.15, 0.2) is 30.3 Å². The number of carbonyl (C=O) groups excluding carboxylic acids is 4. The summed E-state index contributed by atoms with van der Waals surface area (Å²) < 4.78 is 0. The molecule has 0 spiro atoms. The summed E-state index contributed by atoms with van der Waals surface area (Å²) >= 11 is 0. The molecular formula is C17H19N3O4. The Balaban J connectivity index is 2.07. The van der Waals surface area contributed by atoms with Crippen molar-refractivity contribution < 1.29 is 19.2 Å². The number of rotatable bonds is 5. The second kappa shape index (κ2) is 7.54. The summed E-state index contributed by atoms with van der Waals surface area (Å²) in [6.07, 6.45) is 2.95. The van der Waals surface area contributed by atoms with Gasteiger partial charge in [-0.1, -0.05) is 12.1 Å². The zero-order valence-electron chi connectivity index (χ0n) is 13.5. The lowest BCUT2D eigenvalue weighted by molar-refractivity contribution is -0.135. The van der Waals surface area contributed by atoms with E-state index in [1.807, 2.05) is 0 Å². The van der Waals surface area contributed by atoms with Crippen LogP contribution in [0.3, 0.4) is 0 Å². The molecule has 0 aromatic heterocycles. The molecular weight excluding hydrogens is 310 g/mol. The Labute approximate surface area is 139 Å². The molecule has 1 fully saturated rings. The fraction of sp³-hybridized carbons (Fsp3) is 0.294. The summed E-state index contributed by atoms with van der Waals surface area (Å²) in [6, 6.07) is 6.00. The summed E-state index contributed by atoms with van der Waals surface area (Å²) in [5.41, 5.74) is 1.27. The highest BCUT2D eigenvalue weighted by molar-refractivity contribution is 6.07. The smallest absolute Gasteiger partial charge is 0.251 e. The van der Waals surface area contributed by atoms with Crippen LogP contribution in [0.2, 0.25) is 0 Å². The molecule has 1 aliphatic heterocycles. The van der Waals surface area contributed by atoms with E-state index >= 15 is 0 Å². The zero-order valence-corrected chi connectivity index (χ0v) is 13.5. The van der Waals surface area contributed by atoms with Crippen LogP contribution < -0.4 is 10.6 Å². The number of carbonyl (C=O) groups is 4. The Morgan fingerprint density at radius 1 is 1.29 bits per heavy atom. The summed E-state index contributed by atoms with van der Waals surface area (Å²) in [7, 11) is 1.55. The Morgan fingerprint density at radius 3 is 2.46 bits per heavy atom. The second-order valence-electron chi connectivity index (χ2n) is 5.29. The summed E-state index contributed by atoms with van der Waals surface area (Å²) in [4.78, 5) is 48.1. The number of imide groups is 1. The van der Waals surface area contributed by atoms with Gasteiger partial charge in [0.1, 0.15) is 6.04 Å². The van der Waals surface area contributed by atoms with Crippen LogP contribution >= 0.6 is 0 Å². The molecule has 4 amide bonds. The quantitative estimate of drug-likeness (QED) is 0.601. The lowest BCUT2D eigenvalue weighted by Gasteiger charge is -2.23. The number of nitrogens with zero attached hydrogens (tertiary/aromatic N) is 1. The first-order valence-electron chi connectivity index (χ1n) is 7.60. The van der Waals surface area contributed by atoms with Crippen LogP contribution in [0.25, 0.3) is 6.08 Å². The molecule has 0 bridgehead atoms. The van der Waals surface area contributed by atoms with Gasteiger partial charge in [0.05, 0.1) is 6.42 Å². The van der Waals surface area contributed by atoms with Crippen molar-refractivity contribution in [3.05, 3.63) is 41.5 Å². The van der Waals surface area contributed by atoms with Crippen LogP contribution in [0.5, 0.6) is 0 Å². The molecule has 1 unspecified atom stereocenters. The first-order valence-corrected chi connectivity index (χ1v) is 7.60. The predicted octanol–water partition coefficient (Wildman–Crippen LogP) is 0.323. The van der Waals surface area contributed by atoms with E-state index in [4.69, 9.17) is 0 Å². The predicted molar refractivity (Wildman–Crippen MR) is 87.8 cm³/mol. The number of amides is 4. The third-order valence-corrected chi connectivity index (χ3v) is 3.76. The first-order chi connectivity index (χ1) is 11.5. The molecule has 1 aromatic carbocycles. The van der Waals surface area contributed by atoms with Gasteiger partial charge in [0.25, 0.3) is 5.91 Å². The Morgan fingerprint density at radius 2 is 1.96 bits per heavy atom. The Bertz CT molecular complexity index is 694. The molecule has 0 radical (unpaired) electrons. The number of hydrogen-bond donors (Lipinski definition) is 2. The fourth-order valence-corrected chi connectivity index (χ4v) is 2.47. The van der Waals surface area contributed by atoms with Crippen molar-refractivity contribution in [1.82, 2.24) is 15.5 Å². The van der Waals surface area contributed by atoms with Crippen molar-refractivity contribution in [2.24, 2.45) is 0 Å². The van der Waals surface area contributed by atoms with E-state index in [9.17, 15) is 19.2 Å². The molecule has 1 saturated heterocycles. The summed E-state index contributed by atoms with van der Waals surface area (Å²) in [5.74, 6) is -1.35. The van der Waals surface area contributed by atoms with Crippen molar-refractivity contribution in [3.8, 4) is 0 Å². The standard InChI is InChI=1S/C17H19N3O4/c1-3-20(13-10-14(21)19-17(13)24)15(22)9-6-11-4-7-12(8-5-11)16(23)18-2/h4-9,13H,3,10H2,1-2H3,(H,18,23)(H,19,21,24). The Hall–Kier alpha value is -2.96. The van der Waals surface area contributed by atoms with Crippen molar-refractivity contribution in [1.29, 1.82) is 0 Å². The third kappa shape index (κ3) is 3.87. The SMILES string of the molecule is CCN(C(=O)C=Cc1ccc(C(=O)NC)cc1)C1CC(=O)NC1=O. The molecule has 7 nitrogen and oxygen atoms in total. The molecule has 1 aliphatic rings. The minimum atomic E-state index is -0.754. The number of likely N-dealkylation sites (N-methyl/N-ethyl adjacent to an activating group) is 1. The van der Waals surface area contributed by atoms with Crippen LogP contribution in [0, 0.1) is 0 Å². The van der Waals surface area contributed by atoms with Crippen molar-refractivity contribution in [3.63, 3.8) is 0 Å². The maximum absolute atomic E-state index is 12.3. The number of nitrogens with one attached hydrogen (secondary N) is 2. The van der Waals surface area contributed by atoms with Gasteiger partial charge in [-0.25, -0.2) is 0 Å². The zero-order chi connectivity index (χ0) is 17.7. The van der Waals surface area contributed by atoms with Crippen molar-refractivity contribution in [2.75, 3.05) is 13.6 Å². The molecule has 1 aromatic rings. The van der Waals surface area contributed by atoms with Crippen LogP contribution in [0.1, 0.15) is 29.3 Å². The monoisotopic (exact) mass is 329 g/mol. The van der Waals surface area contributed by atoms with E-state index in [-0.39, 0.29) is 24.1 Å². The second-order valence-corrected chi connectivity index (χ2v) is 5.29. The van der Waals surface area contributed by atoms with Gasteiger partial charge in [-0.05, 0) is 30.7 Å². The van der Waals surface area contributed by atoms with Crippen LogP contribution in [0.4, 0.5) is 0 Å². The topological polar surface area (TPSA) is 95.6 Å². The molecule has 24 heavy (non-hydrogen) atoms. The van der Waals surface area contributed by atoms with Crippen LogP contribution in [-0.4, -0.2) is 48.2 Å². The lowest BCUT2D eigenvalue weighted by Crippen LogP contribution is -2.43. The average molecular weight is 329 g/mol. The molecule has 2 rings (SSSR count). The van der Waals surface area contributed by atoms with E-state index in [2.05, 4.69) is 10.6 Å². The van der Waals surface area contributed by atoms with E-state index in [1.165, 1.54) is 11.0 Å². The maximum atomic E-state index is 12.3. The highest BCUT2D eigenvalue weighted by Crippen LogP contribution is 2.13. The van der Waals surface area contributed by atoms with Gasteiger partial charge in [-0.2, -0.15) is 0 Å². The van der Waals surface area contributed by atoms with Crippen molar-refractivity contribution >= 4 is 29.7 Å². The highest BCUT2D eigenvalue weighted by Gasteiger charge is 2.36. The third-order valence-electron chi connectivity index (χ3n) is 3.76. The van der Waals surface area contributed by atoms with E-state index in [0.717, 1.165) is 5.56 Å². The molecule has 0 aliphatic carbocycles. The van der Waals surface area contributed by atoms with E-state index in [1.54, 1.807) is 44.3 Å². The van der Waals surface area contributed by atoms with Gasteiger partial charge in [-0.15, -0.1) is 0 Å². The van der Waals surface area contributed by atoms with Gasteiger partial charge in [-0.3, -0.25) is 24.5 Å². The van der Waals surface area contributed by atoms with E-state index < -0.39 is 11.9 Å². The first kappa shape index (κ1) is 17.4. The summed E-state index contributed by atoms with van der Waals surface area (Å²) in [5, 5.41) is 4.73. The molecule has 0 saturated carbocycles. The van der Waals surface area contributed by atoms with Gasteiger partial charge in [0, 0.05) is 25.2 Å². The summed E-state index contributed by atoms with van der Waals surface area (Å²) in [6.45, 7) is 2.07. The van der Waals surface area contributed by atoms with Gasteiger partial charge in [0.2, 0.25) is 17.7 Å². The van der Waals surface area contributed by atoms with Crippen LogP contribution in [-0.2, 0) is 14.4 Å². The largest absolute Gasteiger partial charge is 0.355 e. The molecule has 1 heterocycles. The molecule has 2 N–H and O–H groups in total. The Kier molecular flexibility index (Phi) is 5.47. The molecule has 126 valence electrons. The van der Waals surface area contributed by atoms with Gasteiger partial charge >= 0.3 is 0 Å². The van der Waals surface area contributed by atoms with Gasteiger partial charge < -0.3 is 10.2 Å². The molecule has 7 heteroatoms. The number of hydrogen-bond acceptors (Lipinski definition) is 4. The lowest BCUT2D eigenvalue weighted by atomic mass is 10.1. The average Bonchev–Trinajstić information content (AvgIpc) is 2.91. The van der Waals surface area contributed by atoms with Gasteiger partial charge in [0.15, 0.2) is 0 Å². The molecule has 1 atom stereocenters. The number of benzene rings is 1. The maximum Gasteiger partial charge on any atom is 0.251 e. The fourth-order valence-electron chi connectivity index (χ4n) is 2.47. The highest BCUT2D eigenvalue weighted by atomic mass is 16.2. The minimum absolute atomic E-state index is 0.00687. The van der Waals surface area contributed by atoms with Crippen molar-refractivity contribution in [2.45, 2.75) is 19.4 Å². The van der Waals surface area contributed by atoms with E-state index in [0.29, 0.717) is 12.1 Å². The minimum Gasteiger partial charge on any atom is -0.355 e. The normalized spacial score (nSPS) is 17.0.